The number of ether oxygens (including phenoxy) is 2. The molecular formula is C24H23ClIN3O3. The summed E-state index contributed by atoms with van der Waals surface area (Å²) in [5.41, 5.74) is 6.33. The Kier molecular flexibility index (Phi) is 8.75. The molecule has 0 unspecified atom stereocenters. The van der Waals surface area contributed by atoms with Crippen molar-refractivity contribution < 1.29 is 14.3 Å². The minimum absolute atomic E-state index is 0.124. The fraction of sp³-hybridized carbons (Fsp3) is 0.167. The summed E-state index contributed by atoms with van der Waals surface area (Å²) < 4.78 is 12.3. The van der Waals surface area contributed by atoms with Crippen LogP contribution < -0.4 is 20.2 Å². The van der Waals surface area contributed by atoms with E-state index in [-0.39, 0.29) is 12.5 Å². The van der Waals surface area contributed by atoms with Crippen LogP contribution in [-0.4, -0.2) is 25.8 Å². The van der Waals surface area contributed by atoms with Gasteiger partial charge in [0, 0.05) is 10.7 Å². The Balaban J connectivity index is 1.57. The third-order valence-corrected chi connectivity index (χ3v) is 5.51. The average molecular weight is 564 g/mol. The minimum atomic E-state index is -0.244. The van der Waals surface area contributed by atoms with Crippen molar-refractivity contribution in [3.8, 4) is 11.5 Å². The van der Waals surface area contributed by atoms with E-state index >= 15 is 0 Å². The fourth-order valence-corrected chi connectivity index (χ4v) is 3.67. The number of carbonyl (C=O) groups excluding carboxylic acids is 1. The quantitative estimate of drug-likeness (QED) is 0.208. The number of nitrogens with one attached hydrogen (secondary N) is 2. The lowest BCUT2D eigenvalue weighted by Gasteiger charge is -2.13. The third-order valence-electron chi connectivity index (χ3n) is 4.46. The summed E-state index contributed by atoms with van der Waals surface area (Å²) in [6.07, 6.45) is 1.57. The molecule has 0 aliphatic carbocycles. The molecule has 2 N–H and O–H groups in total. The number of hydrogen-bond donors (Lipinski definition) is 2. The molecule has 0 bridgehead atoms. The maximum Gasteiger partial charge on any atom is 0.259 e. The number of benzene rings is 3. The Morgan fingerprint density at radius 3 is 2.53 bits per heavy atom. The van der Waals surface area contributed by atoms with E-state index in [0.29, 0.717) is 23.1 Å². The summed E-state index contributed by atoms with van der Waals surface area (Å²) in [6, 6.07) is 19.0. The van der Waals surface area contributed by atoms with Gasteiger partial charge in [0.15, 0.2) is 11.5 Å². The van der Waals surface area contributed by atoms with Crippen molar-refractivity contribution in [2.24, 2.45) is 5.10 Å². The molecular weight excluding hydrogens is 541 g/mol. The Bertz CT molecular complexity index is 1090. The van der Waals surface area contributed by atoms with E-state index in [2.05, 4.69) is 38.4 Å². The average Bonchev–Trinajstić information content (AvgIpc) is 2.79. The molecule has 0 spiro atoms. The number of carbonyl (C=O) groups is 1. The van der Waals surface area contributed by atoms with Crippen LogP contribution in [-0.2, 0) is 11.4 Å². The summed E-state index contributed by atoms with van der Waals surface area (Å²) in [5.74, 6) is 0.984. The highest BCUT2D eigenvalue weighted by molar-refractivity contribution is 14.1. The van der Waals surface area contributed by atoms with E-state index in [4.69, 9.17) is 21.1 Å². The van der Waals surface area contributed by atoms with E-state index in [1.807, 2.05) is 61.5 Å². The van der Waals surface area contributed by atoms with Crippen LogP contribution in [0.3, 0.4) is 0 Å². The van der Waals surface area contributed by atoms with Crippen molar-refractivity contribution in [3.05, 3.63) is 85.9 Å². The lowest BCUT2D eigenvalue weighted by molar-refractivity contribution is -0.119. The predicted octanol–water partition coefficient (Wildman–Crippen LogP) is 5.40. The molecule has 0 saturated heterocycles. The van der Waals surface area contributed by atoms with E-state index in [9.17, 15) is 4.79 Å². The minimum Gasteiger partial charge on any atom is -0.493 e. The number of nitrogens with zero attached hydrogens (tertiary/aromatic N) is 1. The van der Waals surface area contributed by atoms with E-state index in [0.717, 1.165) is 25.9 Å². The summed E-state index contributed by atoms with van der Waals surface area (Å²) in [6.45, 7) is 2.53. The predicted molar refractivity (Wildman–Crippen MR) is 137 cm³/mol. The summed E-state index contributed by atoms with van der Waals surface area (Å²) in [7, 11) is 1.58. The molecule has 3 aromatic rings. The number of hydrogen-bond acceptors (Lipinski definition) is 5. The normalized spacial score (nSPS) is 10.8. The molecule has 0 atom stereocenters. The highest BCUT2D eigenvalue weighted by Crippen LogP contribution is 2.34. The molecule has 0 aromatic heterocycles. The highest BCUT2D eigenvalue weighted by atomic mass is 127. The SMILES string of the molecule is COc1cc(/C=N\NC(=O)CNc2ccc(C)cc2)cc(I)c1OCc1ccc(Cl)cc1. The molecule has 8 heteroatoms. The first-order valence-corrected chi connectivity index (χ1v) is 11.3. The van der Waals surface area contributed by atoms with Gasteiger partial charge in [0.05, 0.1) is 23.4 Å². The van der Waals surface area contributed by atoms with Crippen molar-refractivity contribution in [3.63, 3.8) is 0 Å². The van der Waals surface area contributed by atoms with Gasteiger partial charge in [-0.2, -0.15) is 5.10 Å². The van der Waals surface area contributed by atoms with Gasteiger partial charge in [0.1, 0.15) is 6.61 Å². The van der Waals surface area contributed by atoms with Gasteiger partial charge in [-0.05, 0) is 77.0 Å². The maximum atomic E-state index is 12.0. The van der Waals surface area contributed by atoms with Crippen LogP contribution in [0.15, 0.2) is 65.8 Å². The zero-order chi connectivity index (χ0) is 22.9. The van der Waals surface area contributed by atoms with Gasteiger partial charge < -0.3 is 14.8 Å². The standard InChI is InChI=1S/C24H23ClIN3O3/c1-16-3-9-20(10-4-16)27-14-23(30)29-28-13-18-11-21(26)24(22(12-18)31-2)32-15-17-5-7-19(25)8-6-17/h3-13,27H,14-15H2,1-2H3,(H,29,30)/b28-13-. The lowest BCUT2D eigenvalue weighted by atomic mass is 10.2. The molecule has 0 aliphatic rings. The number of aryl methyl sites for hydroxylation is 1. The van der Waals surface area contributed by atoms with Crippen molar-refractivity contribution in [1.82, 2.24) is 5.43 Å². The van der Waals surface area contributed by atoms with E-state index in [1.54, 1.807) is 19.4 Å². The first kappa shape index (κ1) is 23.9. The molecule has 0 fully saturated rings. The second-order valence-electron chi connectivity index (χ2n) is 6.96. The first-order chi connectivity index (χ1) is 15.4. The molecule has 0 radical (unpaired) electrons. The monoisotopic (exact) mass is 563 g/mol. The van der Waals surface area contributed by atoms with Crippen LogP contribution in [0, 0.1) is 10.5 Å². The van der Waals surface area contributed by atoms with Gasteiger partial charge in [-0.15, -0.1) is 0 Å². The van der Waals surface area contributed by atoms with E-state index < -0.39 is 0 Å². The molecule has 1 amide bonds. The molecule has 3 rings (SSSR count). The van der Waals surface area contributed by atoms with Crippen LogP contribution in [0.4, 0.5) is 5.69 Å². The molecule has 0 heterocycles. The summed E-state index contributed by atoms with van der Waals surface area (Å²) in [4.78, 5) is 12.0. The third kappa shape index (κ3) is 7.13. The van der Waals surface area contributed by atoms with Crippen LogP contribution in [0.2, 0.25) is 5.02 Å². The smallest absolute Gasteiger partial charge is 0.259 e. The first-order valence-electron chi connectivity index (χ1n) is 9.82. The topological polar surface area (TPSA) is 72.0 Å². The number of methoxy groups -OCH3 is 1. The van der Waals surface area contributed by atoms with Gasteiger partial charge in [0.2, 0.25) is 0 Å². The van der Waals surface area contributed by atoms with Gasteiger partial charge in [0.25, 0.3) is 5.91 Å². The number of halogens is 2. The number of amides is 1. The van der Waals surface area contributed by atoms with Gasteiger partial charge in [-0.1, -0.05) is 41.4 Å². The second-order valence-corrected chi connectivity index (χ2v) is 8.56. The Hall–Kier alpha value is -2.78. The number of anilines is 1. The molecule has 6 nitrogen and oxygen atoms in total. The zero-order valence-corrected chi connectivity index (χ0v) is 20.6. The molecule has 0 aliphatic heterocycles. The molecule has 3 aromatic carbocycles. The summed E-state index contributed by atoms with van der Waals surface area (Å²) >= 11 is 8.11. The number of hydrazone groups is 1. The van der Waals surface area contributed by atoms with E-state index in [1.165, 1.54) is 0 Å². The van der Waals surface area contributed by atoms with Gasteiger partial charge in [-0.25, -0.2) is 5.43 Å². The Labute approximate surface area is 206 Å². The molecule has 32 heavy (non-hydrogen) atoms. The number of rotatable bonds is 9. The van der Waals surface area contributed by atoms with Crippen molar-refractivity contribution in [1.29, 1.82) is 0 Å². The molecule has 0 saturated carbocycles. The Morgan fingerprint density at radius 2 is 1.84 bits per heavy atom. The second kappa shape index (κ2) is 11.7. The van der Waals surface area contributed by atoms with Crippen molar-refractivity contribution >= 4 is 52.0 Å². The zero-order valence-electron chi connectivity index (χ0n) is 17.7. The Morgan fingerprint density at radius 1 is 1.12 bits per heavy atom. The maximum absolute atomic E-state index is 12.0. The lowest BCUT2D eigenvalue weighted by Crippen LogP contribution is -2.25. The van der Waals surface area contributed by atoms with Crippen LogP contribution in [0.1, 0.15) is 16.7 Å². The van der Waals surface area contributed by atoms with Crippen molar-refractivity contribution in [2.45, 2.75) is 13.5 Å². The van der Waals surface area contributed by atoms with Crippen LogP contribution in [0.5, 0.6) is 11.5 Å². The summed E-state index contributed by atoms with van der Waals surface area (Å²) in [5, 5.41) is 7.78. The fourth-order valence-electron chi connectivity index (χ4n) is 2.76. The highest BCUT2D eigenvalue weighted by Gasteiger charge is 2.11. The van der Waals surface area contributed by atoms with Crippen molar-refractivity contribution in [2.75, 3.05) is 19.0 Å². The van der Waals surface area contributed by atoms with Gasteiger partial charge >= 0.3 is 0 Å². The van der Waals surface area contributed by atoms with Crippen LogP contribution in [0.25, 0.3) is 0 Å². The molecule has 166 valence electrons. The van der Waals surface area contributed by atoms with Crippen LogP contribution >= 0.6 is 34.2 Å². The van der Waals surface area contributed by atoms with Gasteiger partial charge in [-0.3, -0.25) is 4.79 Å². The largest absolute Gasteiger partial charge is 0.493 e.